The largest absolute Gasteiger partial charge is 0.375 e. The van der Waals surface area contributed by atoms with Crippen molar-refractivity contribution >= 4 is 18.6 Å². The van der Waals surface area contributed by atoms with E-state index in [0.717, 1.165) is 63.5 Å². The van der Waals surface area contributed by atoms with Gasteiger partial charge < -0.3 is 15.3 Å². The van der Waals surface area contributed by atoms with Crippen molar-refractivity contribution in [2.45, 2.75) is 103 Å². The Balaban J connectivity index is 1.86. The number of likely N-dealkylation sites (tertiary alicyclic amines) is 1. The van der Waals surface area contributed by atoms with Crippen LogP contribution in [0.4, 0.5) is 0 Å². The third-order valence-electron chi connectivity index (χ3n) is 7.98. The summed E-state index contributed by atoms with van der Waals surface area (Å²) in [5.74, 6) is 0. The highest BCUT2D eigenvalue weighted by atomic mass is 16.5. The Kier molecular flexibility index (Phi) is 14.3. The first-order valence-electron chi connectivity index (χ1n) is 15.6. The molecule has 42 heavy (non-hydrogen) atoms. The van der Waals surface area contributed by atoms with Crippen molar-refractivity contribution in [3.05, 3.63) is 83.3 Å². The van der Waals surface area contributed by atoms with Crippen molar-refractivity contribution in [3.63, 3.8) is 0 Å². The van der Waals surface area contributed by atoms with E-state index in [-0.39, 0.29) is 5.54 Å². The van der Waals surface area contributed by atoms with Crippen molar-refractivity contribution in [1.82, 2.24) is 4.90 Å². The van der Waals surface area contributed by atoms with Gasteiger partial charge in [-0.25, -0.2) is 0 Å². The molecular weight excluding hydrogens is 524 g/mol. The SMILES string of the molecule is C=CC(/N=C\C(\C=C/CCC)=C\CC)=C(\C=C\C(O)N1CCCC12CCC1=C2C=NCC=C1)N=CCCCCC(O)O. The Hall–Kier alpha value is -2.97. The Labute approximate surface area is 252 Å². The summed E-state index contributed by atoms with van der Waals surface area (Å²) >= 11 is 0. The Bertz CT molecular complexity index is 1170. The van der Waals surface area contributed by atoms with Gasteiger partial charge >= 0.3 is 0 Å². The molecule has 0 saturated carbocycles. The first-order valence-corrected chi connectivity index (χ1v) is 15.6. The first-order chi connectivity index (χ1) is 20.4. The fourth-order valence-electron chi connectivity index (χ4n) is 5.88. The molecule has 1 saturated heterocycles. The average Bonchev–Trinajstić information content (AvgIpc) is 3.47. The monoisotopic (exact) mass is 574 g/mol. The number of aliphatic imine (C=N–C) groups is 3. The van der Waals surface area contributed by atoms with Crippen LogP contribution >= 0.6 is 0 Å². The molecule has 0 radical (unpaired) electrons. The molecule has 3 rings (SSSR count). The minimum absolute atomic E-state index is 0.189. The van der Waals surface area contributed by atoms with Crippen LogP contribution < -0.4 is 0 Å². The highest BCUT2D eigenvalue weighted by molar-refractivity contribution is 5.86. The van der Waals surface area contributed by atoms with E-state index in [9.17, 15) is 5.11 Å². The summed E-state index contributed by atoms with van der Waals surface area (Å²) < 4.78 is 0. The van der Waals surface area contributed by atoms with Crippen LogP contribution in [0.1, 0.15) is 84.5 Å². The van der Waals surface area contributed by atoms with E-state index in [2.05, 4.69) is 60.7 Å². The quantitative estimate of drug-likeness (QED) is 0.0844. The van der Waals surface area contributed by atoms with Crippen molar-refractivity contribution in [1.29, 1.82) is 0 Å². The van der Waals surface area contributed by atoms with Crippen LogP contribution in [0.3, 0.4) is 0 Å². The number of allylic oxidation sites excluding steroid dienone is 8. The second kappa shape index (κ2) is 17.9. The number of hydrogen-bond donors (Lipinski definition) is 3. The second-order valence-corrected chi connectivity index (χ2v) is 11.0. The van der Waals surface area contributed by atoms with Crippen LogP contribution in [0.5, 0.6) is 0 Å². The van der Waals surface area contributed by atoms with Crippen LogP contribution in [0.25, 0.3) is 0 Å². The summed E-state index contributed by atoms with van der Waals surface area (Å²) in [6, 6.07) is 0. The molecule has 0 aromatic carbocycles. The zero-order chi connectivity index (χ0) is 30.2. The van der Waals surface area contributed by atoms with Gasteiger partial charge in [-0.05, 0) is 99.2 Å². The lowest BCUT2D eigenvalue weighted by molar-refractivity contribution is -0.0464. The lowest BCUT2D eigenvalue weighted by Crippen LogP contribution is -2.49. The fourth-order valence-corrected chi connectivity index (χ4v) is 5.88. The van der Waals surface area contributed by atoms with Gasteiger partial charge in [0.1, 0.15) is 6.23 Å². The van der Waals surface area contributed by atoms with E-state index in [1.807, 2.05) is 30.8 Å². The number of aliphatic hydroxyl groups excluding tert-OH is 2. The number of nitrogens with zero attached hydrogens (tertiary/aromatic N) is 4. The maximum Gasteiger partial charge on any atom is 0.151 e. The summed E-state index contributed by atoms with van der Waals surface area (Å²) in [5.41, 5.74) is 4.68. The molecule has 2 atom stereocenters. The highest BCUT2D eigenvalue weighted by Crippen LogP contribution is 2.47. The normalized spacial score (nSPS) is 23.0. The molecule has 0 bridgehead atoms. The molecule has 0 aromatic rings. The molecule has 3 aliphatic rings. The summed E-state index contributed by atoms with van der Waals surface area (Å²) in [7, 11) is 0. The molecule has 2 aliphatic heterocycles. The van der Waals surface area contributed by atoms with Crippen molar-refractivity contribution in [2.24, 2.45) is 15.0 Å². The Morgan fingerprint density at radius 3 is 2.74 bits per heavy atom. The van der Waals surface area contributed by atoms with Crippen molar-refractivity contribution in [3.8, 4) is 0 Å². The van der Waals surface area contributed by atoms with Gasteiger partial charge in [-0.2, -0.15) is 0 Å². The summed E-state index contributed by atoms with van der Waals surface area (Å²) in [5, 5.41) is 29.7. The van der Waals surface area contributed by atoms with E-state index in [0.29, 0.717) is 37.2 Å². The molecule has 3 N–H and O–H groups in total. The second-order valence-electron chi connectivity index (χ2n) is 11.0. The van der Waals surface area contributed by atoms with Crippen LogP contribution in [0, 0.1) is 0 Å². The minimum Gasteiger partial charge on any atom is -0.375 e. The lowest BCUT2D eigenvalue weighted by atomic mass is 9.88. The molecule has 7 heteroatoms. The van der Waals surface area contributed by atoms with Crippen LogP contribution in [-0.2, 0) is 0 Å². The summed E-state index contributed by atoms with van der Waals surface area (Å²) in [4.78, 5) is 16.3. The van der Waals surface area contributed by atoms with E-state index >= 15 is 0 Å². The lowest BCUT2D eigenvalue weighted by Gasteiger charge is -2.39. The molecule has 1 fully saturated rings. The van der Waals surface area contributed by atoms with Crippen LogP contribution in [0.2, 0.25) is 0 Å². The Morgan fingerprint density at radius 1 is 1.12 bits per heavy atom. The smallest absolute Gasteiger partial charge is 0.151 e. The molecule has 2 unspecified atom stereocenters. The van der Waals surface area contributed by atoms with Crippen molar-refractivity contribution in [2.75, 3.05) is 13.1 Å². The zero-order valence-electron chi connectivity index (χ0n) is 25.5. The van der Waals surface area contributed by atoms with Gasteiger partial charge in [0.15, 0.2) is 6.29 Å². The molecule has 2 heterocycles. The number of aliphatic hydroxyl groups is 3. The van der Waals surface area contributed by atoms with E-state index < -0.39 is 12.5 Å². The van der Waals surface area contributed by atoms with E-state index in [4.69, 9.17) is 20.2 Å². The number of fused-ring (bicyclic) bond motifs is 1. The van der Waals surface area contributed by atoms with Gasteiger partial charge in [0, 0.05) is 25.2 Å². The van der Waals surface area contributed by atoms with Gasteiger partial charge in [0.25, 0.3) is 0 Å². The minimum atomic E-state index is -1.28. The Morgan fingerprint density at radius 2 is 1.98 bits per heavy atom. The third-order valence-corrected chi connectivity index (χ3v) is 7.98. The highest BCUT2D eigenvalue weighted by Gasteiger charge is 2.49. The van der Waals surface area contributed by atoms with Crippen molar-refractivity contribution < 1.29 is 15.3 Å². The number of rotatable bonds is 16. The molecule has 0 aromatic heterocycles. The number of unbranched alkanes of at least 4 members (excludes halogenated alkanes) is 3. The maximum atomic E-state index is 11.5. The van der Waals surface area contributed by atoms with Gasteiger partial charge in [-0.15, -0.1) is 0 Å². The number of hydrogen-bond acceptors (Lipinski definition) is 7. The van der Waals surface area contributed by atoms with E-state index in [1.54, 1.807) is 6.08 Å². The standard InChI is InChI=1S/C35H50N4O3/c1-4-7-9-15-28(14-5-2)26-38-31(6-3)32(37-24-11-8-10-17-34(41)42)18-19-33(40)39-25-13-21-35(39)22-20-29-16-12-23-36-27-30(29)35/h6,9,12,14-16,18-19,24,26-27,33-34,40-42H,3-5,7-8,10-11,13,17,20-23,25H2,1-2H3/b15-9-,19-18+,28-14+,32-31-,37-24?,38-26-. The molecule has 1 spiro atoms. The molecule has 7 nitrogen and oxygen atoms in total. The van der Waals surface area contributed by atoms with Crippen LogP contribution in [0.15, 0.2) is 98.3 Å². The fraction of sp³-hybridized carbons (Fsp3) is 0.514. The summed E-state index contributed by atoms with van der Waals surface area (Å²) in [6.45, 7) is 9.79. The van der Waals surface area contributed by atoms with Gasteiger partial charge in [0.2, 0.25) is 0 Å². The topological polar surface area (TPSA) is 101 Å². The van der Waals surface area contributed by atoms with Gasteiger partial charge in [-0.1, -0.05) is 57.2 Å². The predicted molar refractivity (Wildman–Crippen MR) is 176 cm³/mol. The molecular formula is C35H50N4O3. The first kappa shape index (κ1) is 33.5. The third kappa shape index (κ3) is 9.53. The molecule has 228 valence electrons. The zero-order valence-corrected chi connectivity index (χ0v) is 25.5. The molecule has 0 amide bonds. The maximum absolute atomic E-state index is 11.5. The molecule has 1 aliphatic carbocycles. The average molecular weight is 575 g/mol. The summed E-state index contributed by atoms with van der Waals surface area (Å²) in [6.07, 6.45) is 29.3. The van der Waals surface area contributed by atoms with E-state index in [1.165, 1.54) is 11.1 Å². The van der Waals surface area contributed by atoms with Gasteiger partial charge in [0.05, 0.1) is 23.5 Å². The van der Waals surface area contributed by atoms with Gasteiger partial charge in [-0.3, -0.25) is 19.9 Å². The van der Waals surface area contributed by atoms with Crippen LogP contribution in [-0.4, -0.2) is 70.0 Å². The predicted octanol–water partition coefficient (Wildman–Crippen LogP) is 6.53.